The van der Waals surface area contributed by atoms with Crippen LogP contribution in [-0.2, 0) is 6.42 Å². The van der Waals surface area contributed by atoms with E-state index in [4.69, 9.17) is 4.42 Å². The van der Waals surface area contributed by atoms with Crippen molar-refractivity contribution in [2.75, 3.05) is 0 Å². The maximum atomic E-state index is 12.3. The summed E-state index contributed by atoms with van der Waals surface area (Å²) in [6.45, 7) is 0. The number of Topliss-reactive ketones (excluding diaryl/α,β-unsaturated/α-hetero) is 2. The van der Waals surface area contributed by atoms with E-state index in [1.165, 1.54) is 6.26 Å². The summed E-state index contributed by atoms with van der Waals surface area (Å²) < 4.78 is 5.08. The topological polar surface area (TPSA) is 47.3 Å². The highest BCUT2D eigenvalue weighted by Gasteiger charge is 2.29. The van der Waals surface area contributed by atoms with E-state index in [1.54, 1.807) is 12.1 Å². The second-order valence-electron chi connectivity index (χ2n) is 4.86. The van der Waals surface area contributed by atoms with E-state index in [0.29, 0.717) is 5.76 Å². The molecule has 96 valence electrons. The number of hydrogen-bond donors (Lipinski definition) is 0. The van der Waals surface area contributed by atoms with Crippen LogP contribution in [-0.4, -0.2) is 11.6 Å². The molecule has 1 aliphatic carbocycles. The van der Waals surface area contributed by atoms with E-state index in [9.17, 15) is 9.59 Å². The highest BCUT2D eigenvalue weighted by molar-refractivity contribution is 6.04. The monoisotopic (exact) mass is 254 g/mol. The third-order valence-corrected chi connectivity index (χ3v) is 3.64. The van der Waals surface area contributed by atoms with Gasteiger partial charge in [-0.05, 0) is 30.5 Å². The van der Waals surface area contributed by atoms with Crippen molar-refractivity contribution in [2.45, 2.75) is 19.3 Å². The van der Waals surface area contributed by atoms with Crippen LogP contribution in [0, 0.1) is 5.92 Å². The van der Waals surface area contributed by atoms with Crippen molar-refractivity contribution < 1.29 is 14.0 Å². The molecule has 3 nitrogen and oxygen atoms in total. The normalized spacial score (nSPS) is 18.1. The number of carbonyl (C=O) groups excluding carboxylic acids is 2. The first-order valence-corrected chi connectivity index (χ1v) is 6.44. The number of ketones is 2. The Morgan fingerprint density at radius 2 is 2.05 bits per heavy atom. The van der Waals surface area contributed by atoms with E-state index in [0.717, 1.165) is 24.0 Å². The molecule has 3 heteroatoms. The molecule has 2 aromatic rings. The Bertz CT molecular complexity index is 611. The fourth-order valence-corrected chi connectivity index (χ4v) is 2.62. The van der Waals surface area contributed by atoms with Crippen molar-refractivity contribution in [2.24, 2.45) is 5.92 Å². The quantitative estimate of drug-likeness (QED) is 0.789. The average Bonchev–Trinajstić information content (AvgIpc) is 2.96. The maximum absolute atomic E-state index is 12.3. The van der Waals surface area contributed by atoms with Crippen LogP contribution in [0.25, 0.3) is 0 Å². The second kappa shape index (κ2) is 4.84. The molecular weight excluding hydrogens is 240 g/mol. The predicted molar refractivity (Wildman–Crippen MR) is 70.2 cm³/mol. The molecule has 0 saturated carbocycles. The Morgan fingerprint density at radius 3 is 2.84 bits per heavy atom. The van der Waals surface area contributed by atoms with Crippen LogP contribution in [0.4, 0.5) is 0 Å². The van der Waals surface area contributed by atoms with E-state index in [1.807, 2.05) is 24.3 Å². The first kappa shape index (κ1) is 11.9. The molecule has 0 radical (unpaired) electrons. The van der Waals surface area contributed by atoms with Crippen LogP contribution in [0.3, 0.4) is 0 Å². The summed E-state index contributed by atoms with van der Waals surface area (Å²) in [7, 11) is 0. The smallest absolute Gasteiger partial charge is 0.198 e. The molecule has 1 atom stereocenters. The van der Waals surface area contributed by atoms with Crippen molar-refractivity contribution in [3.63, 3.8) is 0 Å². The Labute approximate surface area is 111 Å². The van der Waals surface area contributed by atoms with Gasteiger partial charge in [0.25, 0.3) is 0 Å². The molecule has 1 aromatic carbocycles. The van der Waals surface area contributed by atoms with Crippen LogP contribution in [0.1, 0.15) is 39.3 Å². The molecule has 3 rings (SSSR count). The van der Waals surface area contributed by atoms with Crippen molar-refractivity contribution in [1.82, 2.24) is 0 Å². The fraction of sp³-hybridized carbons (Fsp3) is 0.250. The Balaban J connectivity index is 1.78. The predicted octanol–water partition coefficient (Wildman–Crippen LogP) is 3.30. The zero-order valence-electron chi connectivity index (χ0n) is 10.5. The van der Waals surface area contributed by atoms with E-state index in [2.05, 4.69) is 0 Å². The van der Waals surface area contributed by atoms with Crippen LogP contribution in [0.2, 0.25) is 0 Å². The van der Waals surface area contributed by atoms with Gasteiger partial charge in [-0.25, -0.2) is 0 Å². The second-order valence-corrected chi connectivity index (χ2v) is 4.86. The summed E-state index contributed by atoms with van der Waals surface area (Å²) in [5.41, 5.74) is 1.86. The molecule has 0 fully saturated rings. The van der Waals surface area contributed by atoms with Gasteiger partial charge in [-0.15, -0.1) is 0 Å². The summed E-state index contributed by atoms with van der Waals surface area (Å²) in [4.78, 5) is 24.3. The van der Waals surface area contributed by atoms with E-state index in [-0.39, 0.29) is 23.9 Å². The lowest BCUT2D eigenvalue weighted by Crippen LogP contribution is -2.24. The molecule has 1 heterocycles. The zero-order chi connectivity index (χ0) is 13.2. The zero-order valence-corrected chi connectivity index (χ0v) is 10.5. The Kier molecular flexibility index (Phi) is 3.03. The molecule has 0 N–H and O–H groups in total. The highest BCUT2D eigenvalue weighted by atomic mass is 16.3. The lowest BCUT2D eigenvalue weighted by Gasteiger charge is -2.22. The summed E-state index contributed by atoms with van der Waals surface area (Å²) >= 11 is 0. The molecule has 0 amide bonds. The summed E-state index contributed by atoms with van der Waals surface area (Å²) in [6.07, 6.45) is 3.31. The van der Waals surface area contributed by atoms with Crippen molar-refractivity contribution in [3.05, 3.63) is 59.5 Å². The number of furan rings is 1. The first-order valence-electron chi connectivity index (χ1n) is 6.44. The van der Waals surface area contributed by atoms with Crippen molar-refractivity contribution in [3.8, 4) is 0 Å². The number of benzene rings is 1. The van der Waals surface area contributed by atoms with Gasteiger partial charge in [0.2, 0.25) is 0 Å². The number of rotatable bonds is 3. The molecular formula is C16H14O3. The molecule has 1 aromatic heterocycles. The van der Waals surface area contributed by atoms with Gasteiger partial charge in [0.05, 0.1) is 6.26 Å². The minimum Gasteiger partial charge on any atom is -0.461 e. The minimum atomic E-state index is -0.215. The molecule has 0 aliphatic heterocycles. The third kappa shape index (κ3) is 2.24. The lowest BCUT2D eigenvalue weighted by molar-refractivity contribution is 0.0825. The van der Waals surface area contributed by atoms with Crippen molar-refractivity contribution in [1.29, 1.82) is 0 Å². The van der Waals surface area contributed by atoms with Gasteiger partial charge in [-0.2, -0.15) is 0 Å². The highest BCUT2D eigenvalue weighted by Crippen LogP contribution is 2.28. The van der Waals surface area contributed by atoms with Gasteiger partial charge in [-0.1, -0.05) is 24.3 Å². The van der Waals surface area contributed by atoms with Crippen molar-refractivity contribution >= 4 is 11.6 Å². The van der Waals surface area contributed by atoms with Crippen LogP contribution >= 0.6 is 0 Å². The van der Waals surface area contributed by atoms with Crippen LogP contribution in [0.5, 0.6) is 0 Å². The van der Waals surface area contributed by atoms with Gasteiger partial charge < -0.3 is 4.42 Å². The third-order valence-electron chi connectivity index (χ3n) is 3.64. The summed E-state index contributed by atoms with van der Waals surface area (Å²) in [6, 6.07) is 11.0. The standard InChI is InChI=1S/C16H14O3/c17-14(15-6-3-9-19-15)10-12-8-7-11-4-1-2-5-13(11)16(12)18/h1-6,9,12H,7-8,10H2. The number of hydrogen-bond acceptors (Lipinski definition) is 3. The summed E-state index contributed by atoms with van der Waals surface area (Å²) in [5.74, 6) is 0.114. The largest absolute Gasteiger partial charge is 0.461 e. The number of fused-ring (bicyclic) bond motifs is 1. The van der Waals surface area contributed by atoms with Gasteiger partial charge in [-0.3, -0.25) is 9.59 Å². The summed E-state index contributed by atoms with van der Waals surface area (Å²) in [5, 5.41) is 0. The van der Waals surface area contributed by atoms with E-state index < -0.39 is 0 Å². The van der Waals surface area contributed by atoms with E-state index >= 15 is 0 Å². The van der Waals surface area contributed by atoms with Crippen LogP contribution in [0.15, 0.2) is 47.1 Å². The molecule has 1 unspecified atom stereocenters. The van der Waals surface area contributed by atoms with Crippen LogP contribution < -0.4 is 0 Å². The molecule has 0 bridgehead atoms. The average molecular weight is 254 g/mol. The number of aryl methyl sites for hydroxylation is 1. The van der Waals surface area contributed by atoms with Gasteiger partial charge >= 0.3 is 0 Å². The fourth-order valence-electron chi connectivity index (χ4n) is 2.62. The van der Waals surface area contributed by atoms with Gasteiger partial charge in [0, 0.05) is 17.9 Å². The molecule has 19 heavy (non-hydrogen) atoms. The maximum Gasteiger partial charge on any atom is 0.198 e. The van der Waals surface area contributed by atoms with Gasteiger partial charge in [0.15, 0.2) is 17.3 Å². The number of carbonyl (C=O) groups is 2. The van der Waals surface area contributed by atoms with Gasteiger partial charge in [0.1, 0.15) is 0 Å². The lowest BCUT2D eigenvalue weighted by atomic mass is 9.80. The Morgan fingerprint density at radius 1 is 1.21 bits per heavy atom. The molecule has 1 aliphatic rings. The Hall–Kier alpha value is -2.16. The SMILES string of the molecule is O=C(CC1CCc2ccccc2C1=O)c1ccco1. The molecule has 0 spiro atoms. The minimum absolute atomic E-state index is 0.0850. The molecule has 0 saturated heterocycles. The first-order chi connectivity index (χ1) is 9.25.